The summed E-state index contributed by atoms with van der Waals surface area (Å²) in [6.45, 7) is 2.89. The lowest BCUT2D eigenvalue weighted by Gasteiger charge is -2.03. The van der Waals surface area contributed by atoms with Crippen molar-refractivity contribution in [2.45, 2.75) is 13.7 Å². The van der Waals surface area contributed by atoms with Gasteiger partial charge in [0.05, 0.1) is 28.8 Å². The van der Waals surface area contributed by atoms with Crippen LogP contribution >= 0.6 is 15.9 Å². The topological polar surface area (TPSA) is 74.0 Å². The molecule has 0 aliphatic rings. The molecule has 0 saturated heterocycles. The zero-order valence-electron chi connectivity index (χ0n) is 10.6. The SMILES string of the molecule is CCOCn1cc(NC(=O)c2c(Br)cnn2C)cn1. The number of carbonyl (C=O) groups is 1. The van der Waals surface area contributed by atoms with Gasteiger partial charge in [0, 0.05) is 13.7 Å². The molecule has 2 aromatic rings. The van der Waals surface area contributed by atoms with Gasteiger partial charge < -0.3 is 10.1 Å². The summed E-state index contributed by atoms with van der Waals surface area (Å²) in [5, 5.41) is 10.8. The molecule has 2 heterocycles. The van der Waals surface area contributed by atoms with Gasteiger partial charge in [-0.05, 0) is 22.9 Å². The second-order valence-corrected chi connectivity index (χ2v) is 4.66. The number of nitrogens with one attached hydrogen (secondary N) is 1. The summed E-state index contributed by atoms with van der Waals surface area (Å²) >= 11 is 3.29. The molecule has 0 aliphatic carbocycles. The number of aromatic nitrogens is 4. The average Bonchev–Trinajstić information content (AvgIpc) is 2.94. The minimum absolute atomic E-state index is 0.247. The molecular weight excluding hydrogens is 314 g/mol. The van der Waals surface area contributed by atoms with Gasteiger partial charge in [0.2, 0.25) is 0 Å². The molecule has 0 bridgehead atoms. The lowest BCUT2D eigenvalue weighted by molar-refractivity contribution is 0.0792. The van der Waals surface area contributed by atoms with E-state index in [1.807, 2.05) is 6.92 Å². The second kappa shape index (κ2) is 5.98. The van der Waals surface area contributed by atoms with Crippen molar-refractivity contribution in [1.82, 2.24) is 19.6 Å². The van der Waals surface area contributed by atoms with Crippen LogP contribution in [0.3, 0.4) is 0 Å². The zero-order chi connectivity index (χ0) is 13.8. The third-order valence-corrected chi connectivity index (χ3v) is 3.01. The molecule has 0 fully saturated rings. The van der Waals surface area contributed by atoms with Crippen LogP contribution in [-0.2, 0) is 18.5 Å². The predicted molar refractivity (Wildman–Crippen MR) is 72.7 cm³/mol. The number of halogens is 1. The maximum Gasteiger partial charge on any atom is 0.275 e. The minimum Gasteiger partial charge on any atom is -0.360 e. The summed E-state index contributed by atoms with van der Waals surface area (Å²) in [6, 6.07) is 0. The van der Waals surface area contributed by atoms with Crippen molar-refractivity contribution in [1.29, 1.82) is 0 Å². The summed E-state index contributed by atoms with van der Waals surface area (Å²) in [4.78, 5) is 12.1. The monoisotopic (exact) mass is 327 g/mol. The van der Waals surface area contributed by atoms with Crippen LogP contribution in [0.25, 0.3) is 0 Å². The lowest BCUT2D eigenvalue weighted by atomic mass is 10.4. The highest BCUT2D eigenvalue weighted by molar-refractivity contribution is 9.10. The molecule has 0 aliphatic heterocycles. The Morgan fingerprint density at radius 1 is 1.47 bits per heavy atom. The molecular formula is C11H14BrN5O2. The number of rotatable bonds is 5. The van der Waals surface area contributed by atoms with Gasteiger partial charge in [-0.25, -0.2) is 4.68 Å². The van der Waals surface area contributed by atoms with Crippen molar-refractivity contribution in [2.75, 3.05) is 11.9 Å². The first-order valence-corrected chi connectivity index (χ1v) is 6.50. The van der Waals surface area contributed by atoms with Crippen LogP contribution < -0.4 is 5.32 Å². The van der Waals surface area contributed by atoms with Gasteiger partial charge in [-0.3, -0.25) is 9.48 Å². The summed E-state index contributed by atoms with van der Waals surface area (Å²) in [7, 11) is 1.71. The van der Waals surface area contributed by atoms with Crippen LogP contribution in [0.15, 0.2) is 23.1 Å². The molecule has 19 heavy (non-hydrogen) atoms. The Labute approximate surface area is 118 Å². The van der Waals surface area contributed by atoms with Crippen molar-refractivity contribution in [3.63, 3.8) is 0 Å². The fourth-order valence-electron chi connectivity index (χ4n) is 1.54. The fraction of sp³-hybridized carbons (Fsp3) is 0.364. The summed E-state index contributed by atoms with van der Waals surface area (Å²) in [5.41, 5.74) is 1.07. The Bertz CT molecular complexity index is 558. The Kier molecular flexibility index (Phi) is 4.33. The molecule has 1 amide bonds. The molecule has 8 heteroatoms. The smallest absolute Gasteiger partial charge is 0.275 e. The Hall–Kier alpha value is -1.67. The number of anilines is 1. The van der Waals surface area contributed by atoms with Gasteiger partial charge in [0.1, 0.15) is 12.4 Å². The Morgan fingerprint density at radius 2 is 2.26 bits per heavy atom. The van der Waals surface area contributed by atoms with Crippen molar-refractivity contribution < 1.29 is 9.53 Å². The van der Waals surface area contributed by atoms with E-state index in [-0.39, 0.29) is 5.91 Å². The fourth-order valence-corrected chi connectivity index (χ4v) is 2.07. The Morgan fingerprint density at radius 3 is 2.89 bits per heavy atom. The highest BCUT2D eigenvalue weighted by Crippen LogP contribution is 2.16. The van der Waals surface area contributed by atoms with Crippen molar-refractivity contribution in [2.24, 2.45) is 7.05 Å². The molecule has 2 rings (SSSR count). The minimum atomic E-state index is -0.247. The number of ether oxygens (including phenoxy) is 1. The number of aryl methyl sites for hydroxylation is 1. The first-order chi connectivity index (χ1) is 9.11. The molecule has 2 aromatic heterocycles. The molecule has 0 saturated carbocycles. The lowest BCUT2D eigenvalue weighted by Crippen LogP contribution is -2.16. The number of nitrogens with zero attached hydrogens (tertiary/aromatic N) is 4. The van der Waals surface area contributed by atoms with E-state index in [1.54, 1.807) is 30.3 Å². The van der Waals surface area contributed by atoms with Crippen LogP contribution in [0.5, 0.6) is 0 Å². The maximum atomic E-state index is 12.1. The van der Waals surface area contributed by atoms with Gasteiger partial charge >= 0.3 is 0 Å². The average molecular weight is 328 g/mol. The van der Waals surface area contributed by atoms with Gasteiger partial charge in [-0.1, -0.05) is 0 Å². The van der Waals surface area contributed by atoms with Crippen molar-refractivity contribution >= 4 is 27.5 Å². The van der Waals surface area contributed by atoms with E-state index >= 15 is 0 Å². The summed E-state index contributed by atoms with van der Waals surface area (Å²) in [6.07, 6.45) is 4.85. The van der Waals surface area contributed by atoms with Crippen LogP contribution in [0.1, 0.15) is 17.4 Å². The molecule has 0 atom stereocenters. The molecule has 0 spiro atoms. The van der Waals surface area contributed by atoms with Crippen LogP contribution in [0, 0.1) is 0 Å². The van der Waals surface area contributed by atoms with Crippen LogP contribution in [-0.4, -0.2) is 32.1 Å². The summed E-state index contributed by atoms with van der Waals surface area (Å²) < 4.78 is 8.97. The number of hydrogen-bond donors (Lipinski definition) is 1. The van der Waals surface area contributed by atoms with Gasteiger partial charge in [-0.15, -0.1) is 0 Å². The largest absolute Gasteiger partial charge is 0.360 e. The first-order valence-electron chi connectivity index (χ1n) is 5.71. The van der Waals surface area contributed by atoms with E-state index in [9.17, 15) is 4.79 Å². The van der Waals surface area contributed by atoms with Gasteiger partial charge in [0.25, 0.3) is 5.91 Å². The van der Waals surface area contributed by atoms with E-state index in [1.165, 1.54) is 4.68 Å². The number of hydrogen-bond acceptors (Lipinski definition) is 4. The molecule has 0 unspecified atom stereocenters. The second-order valence-electron chi connectivity index (χ2n) is 3.81. The van der Waals surface area contributed by atoms with E-state index in [2.05, 4.69) is 31.4 Å². The molecule has 0 radical (unpaired) electrons. The van der Waals surface area contributed by atoms with Crippen molar-refractivity contribution in [3.8, 4) is 0 Å². The normalized spacial score (nSPS) is 10.7. The molecule has 102 valence electrons. The molecule has 0 aromatic carbocycles. The van der Waals surface area contributed by atoms with Gasteiger partial charge in [-0.2, -0.15) is 10.2 Å². The van der Waals surface area contributed by atoms with Gasteiger partial charge in [0.15, 0.2) is 0 Å². The van der Waals surface area contributed by atoms with E-state index < -0.39 is 0 Å². The van der Waals surface area contributed by atoms with E-state index in [0.717, 1.165) is 0 Å². The quantitative estimate of drug-likeness (QED) is 0.905. The number of amides is 1. The Balaban J connectivity index is 2.05. The highest BCUT2D eigenvalue weighted by Gasteiger charge is 2.15. The van der Waals surface area contributed by atoms with E-state index in [0.29, 0.717) is 29.2 Å². The van der Waals surface area contributed by atoms with Crippen LogP contribution in [0.2, 0.25) is 0 Å². The third kappa shape index (κ3) is 3.21. The summed E-state index contributed by atoms with van der Waals surface area (Å²) in [5.74, 6) is -0.247. The third-order valence-electron chi connectivity index (χ3n) is 2.43. The standard InChI is InChI=1S/C11H14BrN5O2/c1-3-19-7-17-6-8(4-14-17)15-11(18)10-9(12)5-13-16(10)2/h4-6H,3,7H2,1-2H3,(H,15,18). The predicted octanol–water partition coefficient (Wildman–Crippen LogP) is 1.63. The first kappa shape index (κ1) is 13.8. The van der Waals surface area contributed by atoms with Crippen LogP contribution in [0.4, 0.5) is 5.69 Å². The zero-order valence-corrected chi connectivity index (χ0v) is 12.2. The maximum absolute atomic E-state index is 12.1. The van der Waals surface area contributed by atoms with Crippen molar-refractivity contribution in [3.05, 3.63) is 28.8 Å². The molecule has 7 nitrogen and oxygen atoms in total. The molecule has 1 N–H and O–H groups in total. The highest BCUT2D eigenvalue weighted by atomic mass is 79.9. The number of carbonyl (C=O) groups excluding carboxylic acids is 1. The van der Waals surface area contributed by atoms with E-state index in [4.69, 9.17) is 4.74 Å².